The lowest BCUT2D eigenvalue weighted by Crippen LogP contribution is -2.24. The number of hydrogen-bond acceptors (Lipinski definition) is 4. The van der Waals surface area contributed by atoms with Crippen LogP contribution in [0.2, 0.25) is 5.02 Å². The average Bonchev–Trinajstić information content (AvgIpc) is 2.81. The molecule has 0 bridgehead atoms. The summed E-state index contributed by atoms with van der Waals surface area (Å²) in [7, 11) is 0. The van der Waals surface area contributed by atoms with Crippen LogP contribution in [0.1, 0.15) is 16.9 Å². The summed E-state index contributed by atoms with van der Waals surface area (Å²) in [6.07, 6.45) is -0.160. The Labute approximate surface area is 147 Å². The zero-order valence-electron chi connectivity index (χ0n) is 13.2. The Morgan fingerprint density at radius 2 is 2.04 bits per heavy atom. The number of hydrogen-bond donors (Lipinski definition) is 1. The van der Waals surface area contributed by atoms with E-state index in [1.807, 2.05) is 19.9 Å². The molecule has 0 aliphatic heterocycles. The molecule has 0 amide bonds. The van der Waals surface area contributed by atoms with Crippen molar-refractivity contribution < 1.29 is 9.90 Å². The van der Waals surface area contributed by atoms with Crippen molar-refractivity contribution in [1.29, 1.82) is 0 Å². The van der Waals surface area contributed by atoms with E-state index < -0.39 is 5.97 Å². The number of aliphatic carboxylic acids is 1. The Kier molecular flexibility index (Phi) is 4.43. The first-order valence-corrected chi connectivity index (χ1v) is 8.57. The molecule has 0 spiro atoms. The van der Waals surface area contributed by atoms with Crippen molar-refractivity contribution in [2.75, 3.05) is 0 Å². The predicted octanol–water partition coefficient (Wildman–Crippen LogP) is 3.87. The van der Waals surface area contributed by atoms with Gasteiger partial charge in [0.1, 0.15) is 10.7 Å². The van der Waals surface area contributed by atoms with Crippen LogP contribution in [0.25, 0.3) is 21.6 Å². The maximum atomic E-state index is 13.0. The van der Waals surface area contributed by atoms with Gasteiger partial charge in [0, 0.05) is 17.0 Å². The highest BCUT2D eigenvalue weighted by Crippen LogP contribution is 2.31. The third-order valence-corrected chi connectivity index (χ3v) is 5.38. The first kappa shape index (κ1) is 16.7. The van der Waals surface area contributed by atoms with Gasteiger partial charge in [-0.15, -0.1) is 11.3 Å². The van der Waals surface area contributed by atoms with Gasteiger partial charge in [0.25, 0.3) is 5.56 Å². The molecular weight excluding hydrogens is 348 g/mol. The number of benzene rings is 1. The predicted molar refractivity (Wildman–Crippen MR) is 96.1 cm³/mol. The molecular formula is C17H15ClN2O3S. The largest absolute Gasteiger partial charge is 0.481 e. The van der Waals surface area contributed by atoms with E-state index in [0.717, 1.165) is 10.4 Å². The average molecular weight is 363 g/mol. The fourth-order valence-electron chi connectivity index (χ4n) is 2.59. The molecule has 124 valence electrons. The maximum absolute atomic E-state index is 13.0. The molecule has 7 heteroatoms. The van der Waals surface area contributed by atoms with Crippen LogP contribution >= 0.6 is 22.9 Å². The molecule has 3 rings (SSSR count). The molecule has 0 aliphatic carbocycles. The number of carboxylic acids is 1. The molecule has 0 saturated heterocycles. The van der Waals surface area contributed by atoms with Crippen LogP contribution in [0.4, 0.5) is 0 Å². The van der Waals surface area contributed by atoms with Gasteiger partial charge in [-0.1, -0.05) is 23.7 Å². The van der Waals surface area contributed by atoms with Gasteiger partial charge < -0.3 is 5.11 Å². The number of aromatic nitrogens is 2. The van der Waals surface area contributed by atoms with Crippen LogP contribution in [0.3, 0.4) is 0 Å². The SMILES string of the molecule is Cc1sc2nc(-c3ccccc3Cl)n(CCC(=O)O)c(=O)c2c1C. The summed E-state index contributed by atoms with van der Waals surface area (Å²) < 4.78 is 1.41. The highest BCUT2D eigenvalue weighted by Gasteiger charge is 2.19. The van der Waals surface area contributed by atoms with E-state index >= 15 is 0 Å². The first-order chi connectivity index (χ1) is 11.4. The monoisotopic (exact) mass is 362 g/mol. The van der Waals surface area contributed by atoms with Crippen molar-refractivity contribution in [1.82, 2.24) is 9.55 Å². The van der Waals surface area contributed by atoms with E-state index in [9.17, 15) is 9.59 Å². The van der Waals surface area contributed by atoms with Gasteiger partial charge in [-0.05, 0) is 31.5 Å². The smallest absolute Gasteiger partial charge is 0.305 e. The van der Waals surface area contributed by atoms with Gasteiger partial charge in [0.2, 0.25) is 0 Å². The Balaban J connectivity index is 2.34. The summed E-state index contributed by atoms with van der Waals surface area (Å²) in [5, 5.41) is 10.0. The van der Waals surface area contributed by atoms with Crippen molar-refractivity contribution in [2.45, 2.75) is 26.8 Å². The number of carbonyl (C=O) groups is 1. The van der Waals surface area contributed by atoms with E-state index in [1.165, 1.54) is 15.9 Å². The minimum atomic E-state index is -0.967. The molecule has 2 heterocycles. The van der Waals surface area contributed by atoms with Gasteiger partial charge in [-0.25, -0.2) is 4.98 Å². The fraction of sp³-hybridized carbons (Fsp3) is 0.235. The summed E-state index contributed by atoms with van der Waals surface area (Å²) in [5.74, 6) is -0.564. The molecule has 0 unspecified atom stereocenters. The van der Waals surface area contributed by atoms with Gasteiger partial charge in [-0.3, -0.25) is 14.2 Å². The van der Waals surface area contributed by atoms with Crippen molar-refractivity contribution in [3.05, 3.63) is 50.1 Å². The van der Waals surface area contributed by atoms with E-state index in [1.54, 1.807) is 18.2 Å². The summed E-state index contributed by atoms with van der Waals surface area (Å²) in [6.45, 7) is 3.87. The maximum Gasteiger partial charge on any atom is 0.305 e. The standard InChI is InChI=1S/C17H15ClN2O3S/c1-9-10(2)24-16-14(9)17(23)20(8-7-13(21)22)15(19-16)11-5-3-4-6-12(11)18/h3-6H,7-8H2,1-2H3,(H,21,22). The molecule has 3 aromatic rings. The molecule has 0 radical (unpaired) electrons. The highest BCUT2D eigenvalue weighted by atomic mass is 35.5. The minimum absolute atomic E-state index is 0.0476. The van der Waals surface area contributed by atoms with E-state index in [4.69, 9.17) is 16.7 Å². The molecule has 0 aliphatic rings. The summed E-state index contributed by atoms with van der Waals surface area (Å²) >= 11 is 7.72. The lowest BCUT2D eigenvalue weighted by molar-refractivity contribution is -0.137. The van der Waals surface area contributed by atoms with Crippen LogP contribution < -0.4 is 5.56 Å². The summed E-state index contributed by atoms with van der Waals surface area (Å²) in [6, 6.07) is 7.10. The summed E-state index contributed by atoms with van der Waals surface area (Å²) in [4.78, 5) is 30.3. The fourth-order valence-corrected chi connectivity index (χ4v) is 3.83. The van der Waals surface area contributed by atoms with Crippen molar-refractivity contribution in [3.8, 4) is 11.4 Å². The number of nitrogens with zero attached hydrogens (tertiary/aromatic N) is 2. The third-order valence-electron chi connectivity index (χ3n) is 3.95. The molecule has 0 fully saturated rings. The number of halogens is 1. The molecule has 0 atom stereocenters. The van der Waals surface area contributed by atoms with Gasteiger partial charge in [-0.2, -0.15) is 0 Å². The van der Waals surface area contributed by atoms with E-state index in [-0.39, 0.29) is 18.5 Å². The Bertz CT molecular complexity index is 1010. The molecule has 2 aromatic heterocycles. The Hall–Kier alpha value is -2.18. The molecule has 24 heavy (non-hydrogen) atoms. The van der Waals surface area contributed by atoms with Crippen molar-refractivity contribution in [2.24, 2.45) is 0 Å². The van der Waals surface area contributed by atoms with Crippen LogP contribution in [-0.2, 0) is 11.3 Å². The summed E-state index contributed by atoms with van der Waals surface area (Å²) in [5.41, 5.74) is 1.28. The van der Waals surface area contributed by atoms with Gasteiger partial charge >= 0.3 is 5.97 Å². The van der Waals surface area contributed by atoms with Crippen LogP contribution in [0.5, 0.6) is 0 Å². The molecule has 5 nitrogen and oxygen atoms in total. The molecule has 0 saturated carbocycles. The zero-order chi connectivity index (χ0) is 17.4. The minimum Gasteiger partial charge on any atom is -0.481 e. The highest BCUT2D eigenvalue weighted by molar-refractivity contribution is 7.18. The van der Waals surface area contributed by atoms with Gasteiger partial charge in [0.05, 0.1) is 16.8 Å². The van der Waals surface area contributed by atoms with E-state index in [2.05, 4.69) is 4.98 Å². The molecule has 1 N–H and O–H groups in total. The van der Waals surface area contributed by atoms with E-state index in [0.29, 0.717) is 26.6 Å². The quantitative estimate of drug-likeness (QED) is 0.764. The third kappa shape index (κ3) is 2.83. The van der Waals surface area contributed by atoms with Crippen molar-refractivity contribution in [3.63, 3.8) is 0 Å². The lowest BCUT2D eigenvalue weighted by Gasteiger charge is -2.13. The lowest BCUT2D eigenvalue weighted by atomic mass is 10.1. The second-order valence-electron chi connectivity index (χ2n) is 5.48. The topological polar surface area (TPSA) is 72.2 Å². The number of thiophene rings is 1. The normalized spacial score (nSPS) is 11.1. The number of carboxylic acid groups (broad SMARTS) is 1. The van der Waals surface area contributed by atoms with Crippen molar-refractivity contribution >= 4 is 39.1 Å². The Morgan fingerprint density at radius 1 is 1.33 bits per heavy atom. The number of aryl methyl sites for hydroxylation is 2. The first-order valence-electron chi connectivity index (χ1n) is 7.37. The number of rotatable bonds is 4. The second-order valence-corrected chi connectivity index (χ2v) is 7.09. The van der Waals surface area contributed by atoms with Gasteiger partial charge in [0.15, 0.2) is 0 Å². The van der Waals surface area contributed by atoms with Crippen LogP contribution in [0.15, 0.2) is 29.1 Å². The van der Waals surface area contributed by atoms with Crippen LogP contribution in [0, 0.1) is 13.8 Å². The number of fused-ring (bicyclic) bond motifs is 1. The molecule has 1 aromatic carbocycles. The second kappa shape index (κ2) is 6.37. The zero-order valence-corrected chi connectivity index (χ0v) is 14.7. The Morgan fingerprint density at radius 3 is 2.71 bits per heavy atom. The van der Waals surface area contributed by atoms with Crippen LogP contribution in [-0.4, -0.2) is 20.6 Å².